The molecule has 0 aromatic carbocycles. The van der Waals surface area contributed by atoms with Crippen LogP contribution in [0.1, 0.15) is 13.3 Å². The van der Waals surface area contributed by atoms with Crippen LogP contribution in [0.4, 0.5) is 0 Å². The van der Waals surface area contributed by atoms with Crippen molar-refractivity contribution in [3.63, 3.8) is 0 Å². The molecule has 2 N–H and O–H groups in total. The second-order valence-corrected chi connectivity index (χ2v) is 2.76. The summed E-state index contributed by atoms with van der Waals surface area (Å²) < 4.78 is 0. The standard InChI is InChI=1S/C6H9ClO4/c1-6(2-3-7,4(8)9)5(10)11/h2-3H2,1H3,(H,8,9)(H,10,11). The minimum atomic E-state index is -1.75. The van der Waals surface area contributed by atoms with E-state index in [0.29, 0.717) is 0 Å². The summed E-state index contributed by atoms with van der Waals surface area (Å²) >= 11 is 5.25. The molecule has 0 saturated heterocycles. The molecular weight excluding hydrogens is 172 g/mol. The van der Waals surface area contributed by atoms with E-state index in [9.17, 15) is 9.59 Å². The van der Waals surface area contributed by atoms with E-state index in [1.807, 2.05) is 0 Å². The zero-order valence-electron chi connectivity index (χ0n) is 6.00. The molecule has 0 amide bonds. The van der Waals surface area contributed by atoms with Gasteiger partial charge in [0.05, 0.1) is 0 Å². The van der Waals surface area contributed by atoms with Crippen LogP contribution in [0.15, 0.2) is 0 Å². The Kier molecular flexibility index (Phi) is 3.32. The molecule has 0 aromatic rings. The first-order valence-corrected chi connectivity index (χ1v) is 3.51. The van der Waals surface area contributed by atoms with E-state index >= 15 is 0 Å². The summed E-state index contributed by atoms with van der Waals surface area (Å²) in [5.41, 5.74) is -1.75. The van der Waals surface area contributed by atoms with Gasteiger partial charge in [-0.05, 0) is 13.3 Å². The highest BCUT2D eigenvalue weighted by atomic mass is 35.5. The van der Waals surface area contributed by atoms with Gasteiger partial charge in [-0.15, -0.1) is 11.6 Å². The van der Waals surface area contributed by atoms with Gasteiger partial charge in [-0.3, -0.25) is 9.59 Å². The summed E-state index contributed by atoms with van der Waals surface area (Å²) in [7, 11) is 0. The van der Waals surface area contributed by atoms with Crippen molar-refractivity contribution < 1.29 is 19.8 Å². The van der Waals surface area contributed by atoms with Crippen molar-refractivity contribution in [2.75, 3.05) is 5.88 Å². The normalized spacial score (nSPS) is 11.1. The van der Waals surface area contributed by atoms with Gasteiger partial charge in [-0.2, -0.15) is 0 Å². The van der Waals surface area contributed by atoms with Gasteiger partial charge in [0.2, 0.25) is 0 Å². The number of alkyl halides is 1. The van der Waals surface area contributed by atoms with Gasteiger partial charge in [-0.1, -0.05) is 0 Å². The summed E-state index contributed by atoms with van der Waals surface area (Å²) in [6, 6.07) is 0. The van der Waals surface area contributed by atoms with Gasteiger partial charge in [0.15, 0.2) is 5.41 Å². The van der Waals surface area contributed by atoms with E-state index in [0.717, 1.165) is 6.92 Å². The van der Waals surface area contributed by atoms with Crippen LogP contribution < -0.4 is 0 Å². The minimum absolute atomic E-state index is 0.0229. The number of aliphatic carboxylic acids is 2. The quantitative estimate of drug-likeness (QED) is 0.496. The lowest BCUT2D eigenvalue weighted by molar-refractivity contribution is -0.163. The molecule has 0 aliphatic heterocycles. The third-order valence-corrected chi connectivity index (χ3v) is 1.73. The Balaban J connectivity index is 4.52. The lowest BCUT2D eigenvalue weighted by Crippen LogP contribution is -2.36. The number of carboxylic acids is 2. The molecular formula is C6H9ClO4. The molecule has 64 valence electrons. The molecule has 0 aromatic heterocycles. The highest BCUT2D eigenvalue weighted by molar-refractivity contribution is 6.18. The Labute approximate surface area is 68.8 Å². The van der Waals surface area contributed by atoms with E-state index in [2.05, 4.69) is 0 Å². The maximum absolute atomic E-state index is 10.4. The Hall–Kier alpha value is -0.770. The number of carboxylic acid groups (broad SMARTS) is 2. The van der Waals surface area contributed by atoms with Gasteiger partial charge < -0.3 is 10.2 Å². The molecule has 0 aliphatic rings. The van der Waals surface area contributed by atoms with Crippen LogP contribution in [0.25, 0.3) is 0 Å². The molecule has 0 atom stereocenters. The first-order valence-electron chi connectivity index (χ1n) is 2.98. The van der Waals surface area contributed by atoms with Crippen molar-refractivity contribution in [1.29, 1.82) is 0 Å². The van der Waals surface area contributed by atoms with Crippen LogP contribution in [0, 0.1) is 5.41 Å². The second-order valence-electron chi connectivity index (χ2n) is 2.38. The van der Waals surface area contributed by atoms with Crippen molar-refractivity contribution in [2.24, 2.45) is 5.41 Å². The number of carbonyl (C=O) groups is 2. The molecule has 5 heteroatoms. The SMILES string of the molecule is CC(CCCl)(C(=O)O)C(=O)O. The predicted octanol–water partition coefficient (Wildman–Crippen LogP) is 0.791. The van der Waals surface area contributed by atoms with Gasteiger partial charge >= 0.3 is 11.9 Å². The van der Waals surface area contributed by atoms with E-state index in [4.69, 9.17) is 21.8 Å². The van der Waals surface area contributed by atoms with E-state index in [1.54, 1.807) is 0 Å². The summed E-state index contributed by atoms with van der Waals surface area (Å²) in [5, 5.41) is 17.0. The van der Waals surface area contributed by atoms with Crippen molar-refractivity contribution >= 4 is 23.5 Å². The molecule has 0 saturated carbocycles. The molecule has 0 heterocycles. The molecule has 0 rings (SSSR count). The maximum atomic E-state index is 10.4. The fraction of sp³-hybridized carbons (Fsp3) is 0.667. The first kappa shape index (κ1) is 10.2. The zero-order chi connectivity index (χ0) is 9.07. The Bertz CT molecular complexity index is 163. The summed E-state index contributed by atoms with van der Waals surface area (Å²) in [6.45, 7) is 1.14. The van der Waals surface area contributed by atoms with E-state index in [-0.39, 0.29) is 12.3 Å². The van der Waals surface area contributed by atoms with E-state index < -0.39 is 17.4 Å². The van der Waals surface area contributed by atoms with Crippen LogP contribution in [-0.4, -0.2) is 28.0 Å². The molecule has 0 bridgehead atoms. The van der Waals surface area contributed by atoms with Crippen LogP contribution in [0.5, 0.6) is 0 Å². The van der Waals surface area contributed by atoms with Gasteiger partial charge in [0, 0.05) is 5.88 Å². The zero-order valence-corrected chi connectivity index (χ0v) is 6.76. The highest BCUT2D eigenvalue weighted by Gasteiger charge is 2.40. The molecule has 0 radical (unpaired) electrons. The molecule has 0 unspecified atom stereocenters. The maximum Gasteiger partial charge on any atom is 0.320 e. The number of halogens is 1. The highest BCUT2D eigenvalue weighted by Crippen LogP contribution is 2.22. The number of rotatable bonds is 4. The molecule has 0 fully saturated rings. The molecule has 4 nitrogen and oxygen atoms in total. The smallest absolute Gasteiger partial charge is 0.320 e. The van der Waals surface area contributed by atoms with Gasteiger partial charge in [0.1, 0.15) is 0 Å². The number of hydrogen-bond donors (Lipinski definition) is 2. The third-order valence-electron chi connectivity index (χ3n) is 1.54. The molecule has 0 aliphatic carbocycles. The van der Waals surface area contributed by atoms with Crippen molar-refractivity contribution in [2.45, 2.75) is 13.3 Å². The van der Waals surface area contributed by atoms with Gasteiger partial charge in [-0.25, -0.2) is 0 Å². The van der Waals surface area contributed by atoms with Crippen molar-refractivity contribution in [1.82, 2.24) is 0 Å². The minimum Gasteiger partial charge on any atom is -0.480 e. The van der Waals surface area contributed by atoms with Crippen molar-refractivity contribution in [3.8, 4) is 0 Å². The van der Waals surface area contributed by atoms with Crippen LogP contribution in [0.2, 0.25) is 0 Å². The second kappa shape index (κ2) is 3.57. The van der Waals surface area contributed by atoms with Crippen LogP contribution in [-0.2, 0) is 9.59 Å². The Morgan fingerprint density at radius 1 is 1.36 bits per heavy atom. The third kappa shape index (κ3) is 2.08. The largest absolute Gasteiger partial charge is 0.480 e. The monoisotopic (exact) mass is 180 g/mol. The Morgan fingerprint density at radius 2 is 1.73 bits per heavy atom. The lowest BCUT2D eigenvalue weighted by atomic mass is 9.88. The molecule has 11 heavy (non-hydrogen) atoms. The average molecular weight is 181 g/mol. The number of hydrogen-bond acceptors (Lipinski definition) is 2. The van der Waals surface area contributed by atoms with Gasteiger partial charge in [0.25, 0.3) is 0 Å². The molecule has 0 spiro atoms. The van der Waals surface area contributed by atoms with Crippen LogP contribution >= 0.6 is 11.6 Å². The topological polar surface area (TPSA) is 74.6 Å². The fourth-order valence-electron chi connectivity index (χ4n) is 0.494. The first-order chi connectivity index (χ1) is 4.95. The van der Waals surface area contributed by atoms with Crippen molar-refractivity contribution in [3.05, 3.63) is 0 Å². The fourth-order valence-corrected chi connectivity index (χ4v) is 0.872. The lowest BCUT2D eigenvalue weighted by Gasteiger charge is -2.17. The summed E-state index contributed by atoms with van der Waals surface area (Å²) in [4.78, 5) is 20.8. The van der Waals surface area contributed by atoms with E-state index in [1.165, 1.54) is 0 Å². The van der Waals surface area contributed by atoms with Crippen LogP contribution in [0.3, 0.4) is 0 Å². The summed E-state index contributed by atoms with van der Waals surface area (Å²) in [5.74, 6) is -2.69. The average Bonchev–Trinajstić information content (AvgIpc) is 1.87. The Morgan fingerprint density at radius 3 is 1.82 bits per heavy atom. The summed E-state index contributed by atoms with van der Waals surface area (Å²) in [6.07, 6.45) is -0.0702. The predicted molar refractivity (Wildman–Crippen MR) is 38.7 cm³/mol.